The van der Waals surface area contributed by atoms with Gasteiger partial charge in [-0.05, 0) is 49.3 Å². The average molecular weight is 345 g/mol. The summed E-state index contributed by atoms with van der Waals surface area (Å²) in [6.45, 7) is 4.64. The number of anilines is 1. The SMILES string of the molecule is CC(C)CC1CCCC(Nc2ccc(Br)cc2Cl)C1. The topological polar surface area (TPSA) is 12.0 Å². The number of nitrogens with one attached hydrogen (secondary N) is 1. The van der Waals surface area contributed by atoms with Crippen LogP contribution in [0.3, 0.4) is 0 Å². The van der Waals surface area contributed by atoms with Crippen molar-refractivity contribution in [1.29, 1.82) is 0 Å². The van der Waals surface area contributed by atoms with E-state index < -0.39 is 0 Å². The smallest absolute Gasteiger partial charge is 0.0648 e. The van der Waals surface area contributed by atoms with Crippen molar-refractivity contribution in [3.8, 4) is 0 Å². The number of hydrogen-bond donors (Lipinski definition) is 1. The molecule has 1 N–H and O–H groups in total. The zero-order valence-electron chi connectivity index (χ0n) is 11.8. The predicted octanol–water partition coefficient (Wildman–Crippen LogP) is 6.12. The van der Waals surface area contributed by atoms with Crippen LogP contribution in [-0.2, 0) is 0 Å². The molecule has 1 aromatic carbocycles. The van der Waals surface area contributed by atoms with Gasteiger partial charge in [-0.2, -0.15) is 0 Å². The quantitative estimate of drug-likeness (QED) is 0.694. The minimum Gasteiger partial charge on any atom is -0.381 e. The molecule has 0 aromatic heterocycles. The molecular weight excluding hydrogens is 322 g/mol. The van der Waals surface area contributed by atoms with Crippen LogP contribution < -0.4 is 5.32 Å². The van der Waals surface area contributed by atoms with Crippen LogP contribution >= 0.6 is 27.5 Å². The first-order chi connectivity index (χ1) is 9.04. The van der Waals surface area contributed by atoms with Gasteiger partial charge in [0, 0.05) is 10.5 Å². The van der Waals surface area contributed by atoms with Crippen LogP contribution in [0.5, 0.6) is 0 Å². The second kappa shape index (κ2) is 6.99. The molecule has 3 heteroatoms. The monoisotopic (exact) mass is 343 g/mol. The fourth-order valence-electron chi connectivity index (χ4n) is 3.13. The zero-order chi connectivity index (χ0) is 13.8. The predicted molar refractivity (Wildman–Crippen MR) is 88.0 cm³/mol. The molecule has 106 valence electrons. The number of halogens is 2. The van der Waals surface area contributed by atoms with Crippen LogP contribution in [0.2, 0.25) is 5.02 Å². The minimum absolute atomic E-state index is 0.580. The highest BCUT2D eigenvalue weighted by Crippen LogP contribution is 2.33. The first kappa shape index (κ1) is 15.2. The molecular formula is C16H23BrClN. The van der Waals surface area contributed by atoms with Gasteiger partial charge in [-0.15, -0.1) is 0 Å². The Morgan fingerprint density at radius 3 is 2.84 bits per heavy atom. The summed E-state index contributed by atoms with van der Waals surface area (Å²) in [6.07, 6.45) is 6.63. The molecule has 0 saturated heterocycles. The van der Waals surface area contributed by atoms with E-state index in [0.717, 1.165) is 27.0 Å². The van der Waals surface area contributed by atoms with E-state index in [-0.39, 0.29) is 0 Å². The maximum Gasteiger partial charge on any atom is 0.0648 e. The summed E-state index contributed by atoms with van der Waals surface area (Å²) in [5.41, 5.74) is 1.07. The maximum absolute atomic E-state index is 6.28. The van der Waals surface area contributed by atoms with E-state index >= 15 is 0 Å². The van der Waals surface area contributed by atoms with Crippen molar-refractivity contribution in [3.05, 3.63) is 27.7 Å². The molecule has 1 aliphatic carbocycles. The Morgan fingerprint density at radius 1 is 1.37 bits per heavy atom. The van der Waals surface area contributed by atoms with Gasteiger partial charge in [-0.3, -0.25) is 0 Å². The molecule has 0 heterocycles. The third kappa shape index (κ3) is 4.68. The van der Waals surface area contributed by atoms with Gasteiger partial charge in [0.15, 0.2) is 0 Å². The molecule has 1 saturated carbocycles. The number of hydrogen-bond acceptors (Lipinski definition) is 1. The highest BCUT2D eigenvalue weighted by molar-refractivity contribution is 9.10. The Balaban J connectivity index is 1.94. The first-order valence-electron chi connectivity index (χ1n) is 7.26. The van der Waals surface area contributed by atoms with Gasteiger partial charge in [-0.1, -0.05) is 54.2 Å². The molecule has 1 aromatic rings. The lowest BCUT2D eigenvalue weighted by Gasteiger charge is -2.31. The number of benzene rings is 1. The molecule has 0 radical (unpaired) electrons. The Bertz CT molecular complexity index is 419. The van der Waals surface area contributed by atoms with E-state index in [2.05, 4.69) is 41.2 Å². The summed E-state index contributed by atoms with van der Waals surface area (Å²) in [5, 5.41) is 4.43. The van der Waals surface area contributed by atoms with E-state index in [9.17, 15) is 0 Å². The molecule has 0 amide bonds. The summed E-state index contributed by atoms with van der Waals surface area (Å²) >= 11 is 9.72. The third-order valence-electron chi connectivity index (χ3n) is 3.88. The summed E-state index contributed by atoms with van der Waals surface area (Å²) in [6, 6.07) is 6.65. The molecule has 1 fully saturated rings. The Kier molecular flexibility index (Phi) is 5.58. The van der Waals surface area contributed by atoms with E-state index in [0.29, 0.717) is 6.04 Å². The second-order valence-corrected chi connectivity index (χ2v) is 7.45. The van der Waals surface area contributed by atoms with Crippen molar-refractivity contribution in [3.63, 3.8) is 0 Å². The second-order valence-electron chi connectivity index (χ2n) is 6.13. The highest BCUT2D eigenvalue weighted by Gasteiger charge is 2.22. The largest absolute Gasteiger partial charge is 0.381 e. The van der Waals surface area contributed by atoms with E-state index in [1.807, 2.05) is 12.1 Å². The van der Waals surface area contributed by atoms with Gasteiger partial charge in [0.25, 0.3) is 0 Å². The van der Waals surface area contributed by atoms with Gasteiger partial charge in [0.2, 0.25) is 0 Å². The molecule has 0 spiro atoms. The molecule has 1 nitrogen and oxygen atoms in total. The zero-order valence-corrected chi connectivity index (χ0v) is 14.1. The van der Waals surface area contributed by atoms with Crippen LogP contribution in [0.1, 0.15) is 46.0 Å². The Labute approximate surface area is 130 Å². The molecule has 1 aliphatic rings. The van der Waals surface area contributed by atoms with Crippen molar-refractivity contribution in [2.24, 2.45) is 11.8 Å². The lowest BCUT2D eigenvalue weighted by atomic mass is 9.81. The van der Waals surface area contributed by atoms with E-state index in [4.69, 9.17) is 11.6 Å². The standard InChI is InChI=1S/C16H23BrClN/c1-11(2)8-12-4-3-5-14(9-12)19-16-7-6-13(17)10-15(16)18/h6-7,10-12,14,19H,3-5,8-9H2,1-2H3. The summed E-state index contributed by atoms with van der Waals surface area (Å²) < 4.78 is 1.03. The van der Waals surface area contributed by atoms with Crippen LogP contribution in [0, 0.1) is 11.8 Å². The molecule has 2 unspecified atom stereocenters. The van der Waals surface area contributed by atoms with Gasteiger partial charge in [0.1, 0.15) is 0 Å². The molecule has 2 atom stereocenters. The van der Waals surface area contributed by atoms with E-state index in [1.165, 1.54) is 32.1 Å². The van der Waals surface area contributed by atoms with Crippen LogP contribution in [0.15, 0.2) is 22.7 Å². The minimum atomic E-state index is 0.580. The summed E-state index contributed by atoms with van der Waals surface area (Å²) in [4.78, 5) is 0. The lowest BCUT2D eigenvalue weighted by Crippen LogP contribution is -2.28. The van der Waals surface area contributed by atoms with Gasteiger partial charge in [0.05, 0.1) is 10.7 Å². The maximum atomic E-state index is 6.28. The average Bonchev–Trinajstić information content (AvgIpc) is 2.32. The van der Waals surface area contributed by atoms with Crippen LogP contribution in [-0.4, -0.2) is 6.04 Å². The van der Waals surface area contributed by atoms with Crippen molar-refractivity contribution in [2.75, 3.05) is 5.32 Å². The molecule has 19 heavy (non-hydrogen) atoms. The first-order valence-corrected chi connectivity index (χ1v) is 8.43. The molecule has 0 aliphatic heterocycles. The highest BCUT2D eigenvalue weighted by atomic mass is 79.9. The van der Waals surface area contributed by atoms with Crippen molar-refractivity contribution >= 4 is 33.2 Å². The van der Waals surface area contributed by atoms with E-state index in [1.54, 1.807) is 0 Å². The Hall–Kier alpha value is -0.210. The lowest BCUT2D eigenvalue weighted by molar-refractivity contribution is 0.289. The van der Waals surface area contributed by atoms with Gasteiger partial charge < -0.3 is 5.32 Å². The summed E-state index contributed by atoms with van der Waals surface area (Å²) in [7, 11) is 0. The van der Waals surface area contributed by atoms with Gasteiger partial charge in [-0.25, -0.2) is 0 Å². The fourth-order valence-corrected chi connectivity index (χ4v) is 3.86. The number of rotatable bonds is 4. The normalized spacial score (nSPS) is 23.6. The molecule has 0 bridgehead atoms. The third-order valence-corrected chi connectivity index (χ3v) is 4.68. The fraction of sp³-hybridized carbons (Fsp3) is 0.625. The van der Waals surface area contributed by atoms with Gasteiger partial charge >= 0.3 is 0 Å². The summed E-state index contributed by atoms with van der Waals surface area (Å²) in [5.74, 6) is 1.68. The van der Waals surface area contributed by atoms with Crippen LogP contribution in [0.4, 0.5) is 5.69 Å². The van der Waals surface area contributed by atoms with Crippen molar-refractivity contribution in [2.45, 2.75) is 52.0 Å². The molecule has 2 rings (SSSR count). The van der Waals surface area contributed by atoms with Crippen LogP contribution in [0.25, 0.3) is 0 Å². The Morgan fingerprint density at radius 2 is 2.16 bits per heavy atom. The van der Waals surface area contributed by atoms with Crippen molar-refractivity contribution < 1.29 is 0 Å². The van der Waals surface area contributed by atoms with Crippen molar-refractivity contribution in [1.82, 2.24) is 0 Å².